The van der Waals surface area contributed by atoms with Gasteiger partial charge in [0.2, 0.25) is 0 Å². The third-order valence-electron chi connectivity index (χ3n) is 6.51. The second-order valence-electron chi connectivity index (χ2n) is 8.14. The van der Waals surface area contributed by atoms with Crippen molar-refractivity contribution in [2.45, 2.75) is 44.6 Å². The minimum Gasteiger partial charge on any atom is -0.481 e. The first-order valence-electron chi connectivity index (χ1n) is 10.3. The van der Waals surface area contributed by atoms with E-state index in [1.54, 1.807) is 0 Å². The van der Waals surface area contributed by atoms with Gasteiger partial charge in [0.1, 0.15) is 0 Å². The molecule has 0 spiro atoms. The van der Waals surface area contributed by atoms with Crippen molar-refractivity contribution in [2.24, 2.45) is 5.92 Å². The number of hydrogen-bond donors (Lipinski definition) is 1. The minimum absolute atomic E-state index is 0.226. The number of benzene rings is 2. The summed E-state index contributed by atoms with van der Waals surface area (Å²) in [4.78, 5) is 11.7. The van der Waals surface area contributed by atoms with Crippen molar-refractivity contribution < 1.29 is 9.90 Å². The van der Waals surface area contributed by atoms with Crippen molar-refractivity contribution >= 4 is 5.97 Å². The summed E-state index contributed by atoms with van der Waals surface area (Å²) in [6.45, 7) is 0. The first kappa shape index (κ1) is 17.3. The summed E-state index contributed by atoms with van der Waals surface area (Å²) in [7, 11) is 0. The van der Waals surface area contributed by atoms with Crippen molar-refractivity contribution in [3.05, 3.63) is 71.9 Å². The molecule has 28 heavy (non-hydrogen) atoms. The number of aryl methyl sites for hydroxylation is 1. The molecule has 0 radical (unpaired) electrons. The third kappa shape index (κ3) is 2.86. The molecular formula is C25H25NO2. The van der Waals surface area contributed by atoms with E-state index in [2.05, 4.69) is 59.2 Å². The molecule has 0 saturated heterocycles. The van der Waals surface area contributed by atoms with E-state index in [0.717, 1.165) is 38.5 Å². The Bertz CT molecular complexity index is 1020. The maximum atomic E-state index is 11.7. The number of nitrogens with zero attached hydrogens (tertiary/aromatic N) is 1. The van der Waals surface area contributed by atoms with Crippen LogP contribution in [0.3, 0.4) is 0 Å². The largest absolute Gasteiger partial charge is 0.481 e. The predicted molar refractivity (Wildman–Crippen MR) is 111 cm³/mol. The summed E-state index contributed by atoms with van der Waals surface area (Å²) in [6.07, 6.45) is 5.66. The van der Waals surface area contributed by atoms with Crippen molar-refractivity contribution in [1.29, 1.82) is 0 Å². The SMILES string of the molecule is O=C(O)C1CCCC(n2c(-c3ccccc3)cc3c2CCc2ccccc2-3)C1. The average molecular weight is 371 g/mol. The van der Waals surface area contributed by atoms with Crippen molar-refractivity contribution in [3.8, 4) is 22.4 Å². The van der Waals surface area contributed by atoms with Crippen LogP contribution in [0, 0.1) is 5.92 Å². The summed E-state index contributed by atoms with van der Waals surface area (Å²) in [5, 5.41) is 9.60. The zero-order valence-corrected chi connectivity index (χ0v) is 16.0. The molecule has 1 aromatic heterocycles. The topological polar surface area (TPSA) is 42.2 Å². The van der Waals surface area contributed by atoms with Crippen LogP contribution < -0.4 is 0 Å². The molecule has 2 aromatic carbocycles. The van der Waals surface area contributed by atoms with Crippen LogP contribution in [0.25, 0.3) is 22.4 Å². The van der Waals surface area contributed by atoms with Gasteiger partial charge in [-0.3, -0.25) is 4.79 Å². The van der Waals surface area contributed by atoms with Gasteiger partial charge in [-0.2, -0.15) is 0 Å². The molecule has 0 aliphatic heterocycles. The number of fused-ring (bicyclic) bond motifs is 3. The summed E-state index contributed by atoms with van der Waals surface area (Å²) < 4.78 is 2.50. The average Bonchev–Trinajstić information content (AvgIpc) is 3.14. The molecule has 5 rings (SSSR count). The van der Waals surface area contributed by atoms with Crippen molar-refractivity contribution in [2.75, 3.05) is 0 Å². The highest BCUT2D eigenvalue weighted by molar-refractivity contribution is 5.79. The Labute approximate surface area is 165 Å². The molecule has 2 aliphatic carbocycles. The second-order valence-corrected chi connectivity index (χ2v) is 8.14. The highest BCUT2D eigenvalue weighted by atomic mass is 16.4. The Kier molecular flexibility index (Phi) is 4.31. The normalized spacial score (nSPS) is 21.0. The van der Waals surface area contributed by atoms with Gasteiger partial charge in [-0.05, 0) is 54.9 Å². The van der Waals surface area contributed by atoms with Crippen LogP contribution in [0.1, 0.15) is 43.0 Å². The lowest BCUT2D eigenvalue weighted by atomic mass is 9.84. The Morgan fingerprint density at radius 3 is 2.54 bits per heavy atom. The van der Waals surface area contributed by atoms with Crippen LogP contribution >= 0.6 is 0 Å². The molecule has 2 atom stereocenters. The highest BCUT2D eigenvalue weighted by Crippen LogP contribution is 2.44. The maximum absolute atomic E-state index is 11.7. The van der Waals surface area contributed by atoms with Crippen LogP contribution in [0.4, 0.5) is 0 Å². The summed E-state index contributed by atoms with van der Waals surface area (Å²) >= 11 is 0. The number of aliphatic carboxylic acids is 1. The van der Waals surface area contributed by atoms with Gasteiger partial charge < -0.3 is 9.67 Å². The molecule has 2 aliphatic rings. The zero-order chi connectivity index (χ0) is 19.1. The van der Waals surface area contributed by atoms with Crippen molar-refractivity contribution in [3.63, 3.8) is 0 Å². The van der Waals surface area contributed by atoms with E-state index < -0.39 is 5.97 Å². The van der Waals surface area contributed by atoms with Gasteiger partial charge in [0, 0.05) is 23.0 Å². The van der Waals surface area contributed by atoms with Crippen LogP contribution in [0.2, 0.25) is 0 Å². The number of carboxylic acids is 1. The minimum atomic E-state index is -0.641. The van der Waals surface area contributed by atoms with E-state index >= 15 is 0 Å². The van der Waals surface area contributed by atoms with Gasteiger partial charge in [0.05, 0.1) is 5.92 Å². The number of carbonyl (C=O) groups is 1. The number of rotatable bonds is 3. The summed E-state index contributed by atoms with van der Waals surface area (Å²) in [5.74, 6) is -0.867. The maximum Gasteiger partial charge on any atom is 0.306 e. The Morgan fingerprint density at radius 2 is 1.71 bits per heavy atom. The quantitative estimate of drug-likeness (QED) is 0.638. The summed E-state index contributed by atoms with van der Waals surface area (Å²) in [6, 6.07) is 21.9. The van der Waals surface area contributed by atoms with Gasteiger partial charge in [-0.15, -0.1) is 0 Å². The fourth-order valence-electron chi connectivity index (χ4n) is 5.18. The molecule has 3 heteroatoms. The highest BCUT2D eigenvalue weighted by Gasteiger charge is 2.32. The molecule has 1 saturated carbocycles. The number of carboxylic acid groups (broad SMARTS) is 1. The molecule has 1 N–H and O–H groups in total. The van der Waals surface area contributed by atoms with Crippen LogP contribution in [-0.2, 0) is 17.6 Å². The van der Waals surface area contributed by atoms with Gasteiger partial charge in [-0.25, -0.2) is 0 Å². The van der Waals surface area contributed by atoms with E-state index in [1.165, 1.54) is 33.6 Å². The monoisotopic (exact) mass is 371 g/mol. The van der Waals surface area contributed by atoms with Crippen LogP contribution in [-0.4, -0.2) is 15.6 Å². The molecule has 0 amide bonds. The van der Waals surface area contributed by atoms with E-state index in [0.29, 0.717) is 0 Å². The predicted octanol–water partition coefficient (Wildman–Crippen LogP) is 5.74. The first-order chi connectivity index (χ1) is 13.7. The molecule has 1 fully saturated rings. The Balaban J connectivity index is 1.68. The van der Waals surface area contributed by atoms with Crippen LogP contribution in [0.5, 0.6) is 0 Å². The smallest absolute Gasteiger partial charge is 0.306 e. The van der Waals surface area contributed by atoms with Gasteiger partial charge >= 0.3 is 5.97 Å². The molecule has 0 bridgehead atoms. The van der Waals surface area contributed by atoms with Crippen LogP contribution in [0.15, 0.2) is 60.7 Å². The van der Waals surface area contributed by atoms with Crippen molar-refractivity contribution in [1.82, 2.24) is 4.57 Å². The fraction of sp³-hybridized carbons (Fsp3) is 0.320. The van der Waals surface area contributed by atoms with E-state index in [-0.39, 0.29) is 12.0 Å². The standard InChI is InChI=1S/C25H25NO2/c27-25(28)19-10-6-11-20(15-19)26-23-14-13-17-7-4-5-12-21(17)22(23)16-24(26)18-8-2-1-3-9-18/h1-5,7-9,12,16,19-20H,6,10-11,13-15H2,(H,27,28). The zero-order valence-electron chi connectivity index (χ0n) is 16.0. The fourth-order valence-corrected chi connectivity index (χ4v) is 5.18. The van der Waals surface area contributed by atoms with Gasteiger partial charge in [0.15, 0.2) is 0 Å². The second kappa shape index (κ2) is 6.97. The number of aromatic nitrogens is 1. The molecule has 142 valence electrons. The Hall–Kier alpha value is -2.81. The lowest BCUT2D eigenvalue weighted by molar-refractivity contribution is -0.143. The van der Waals surface area contributed by atoms with E-state index in [1.807, 2.05) is 6.07 Å². The summed E-state index contributed by atoms with van der Waals surface area (Å²) in [5.41, 5.74) is 7.92. The lowest BCUT2D eigenvalue weighted by Gasteiger charge is -2.32. The number of hydrogen-bond acceptors (Lipinski definition) is 1. The Morgan fingerprint density at radius 1 is 0.929 bits per heavy atom. The molecule has 3 nitrogen and oxygen atoms in total. The van der Waals surface area contributed by atoms with E-state index in [9.17, 15) is 9.90 Å². The third-order valence-corrected chi connectivity index (χ3v) is 6.51. The van der Waals surface area contributed by atoms with E-state index in [4.69, 9.17) is 0 Å². The molecule has 3 aromatic rings. The van der Waals surface area contributed by atoms with Gasteiger partial charge in [-0.1, -0.05) is 61.0 Å². The molecule has 1 heterocycles. The molecular weight excluding hydrogens is 346 g/mol. The van der Waals surface area contributed by atoms with Gasteiger partial charge in [0.25, 0.3) is 0 Å². The first-order valence-corrected chi connectivity index (χ1v) is 10.3. The molecule has 2 unspecified atom stereocenters. The lowest BCUT2D eigenvalue weighted by Crippen LogP contribution is -2.26.